The first-order chi connectivity index (χ1) is 11.7. The number of hydrogen-bond acceptors (Lipinski definition) is 8. The smallest absolute Gasteiger partial charge is 0.368 e. The van der Waals surface area contributed by atoms with Gasteiger partial charge in [0.1, 0.15) is 5.52 Å². The summed E-state index contributed by atoms with van der Waals surface area (Å²) in [6, 6.07) is 0. The topological polar surface area (TPSA) is 155 Å². The summed E-state index contributed by atoms with van der Waals surface area (Å²) in [6.45, 7) is 3.09. The van der Waals surface area contributed by atoms with Crippen molar-refractivity contribution in [3.8, 4) is 0 Å². The zero-order chi connectivity index (χ0) is 18.7. The predicted octanol–water partition coefficient (Wildman–Crippen LogP) is 0.940. The number of anilines is 1. The van der Waals surface area contributed by atoms with Crippen molar-refractivity contribution < 1.29 is 28.6 Å². The average Bonchev–Trinajstić information content (AvgIpc) is 2.90. The van der Waals surface area contributed by atoms with Gasteiger partial charge in [0.15, 0.2) is 10.8 Å². The lowest BCUT2D eigenvalue weighted by atomic mass is 10.5. The van der Waals surface area contributed by atoms with Crippen molar-refractivity contribution >= 4 is 36.3 Å². The molecule has 140 valence electrons. The van der Waals surface area contributed by atoms with E-state index in [0.717, 1.165) is 0 Å². The number of aromatic nitrogens is 4. The van der Waals surface area contributed by atoms with Gasteiger partial charge in [-0.2, -0.15) is 9.97 Å². The van der Waals surface area contributed by atoms with E-state index in [1.807, 2.05) is 0 Å². The van der Waals surface area contributed by atoms with Crippen LogP contribution in [0.3, 0.4) is 0 Å². The summed E-state index contributed by atoms with van der Waals surface area (Å²) in [5, 5.41) is 0.107. The van der Waals surface area contributed by atoms with Gasteiger partial charge >= 0.3 is 13.3 Å². The molecule has 0 aliphatic rings. The monoisotopic (exact) mass is 395 g/mol. The molecule has 0 saturated carbocycles. The van der Waals surface area contributed by atoms with Crippen LogP contribution < -0.4 is 5.73 Å². The average molecular weight is 396 g/mol. The fourth-order valence-corrected chi connectivity index (χ4v) is 3.18. The second-order valence-electron chi connectivity index (χ2n) is 4.77. The molecule has 0 unspecified atom stereocenters. The zero-order valence-electron chi connectivity index (χ0n) is 13.6. The highest BCUT2D eigenvalue weighted by Crippen LogP contribution is 2.52. The van der Waals surface area contributed by atoms with Crippen molar-refractivity contribution in [2.24, 2.45) is 0 Å². The molecule has 11 nitrogen and oxygen atoms in total. The number of hydrogen-bond donors (Lipinski definition) is 3. The van der Waals surface area contributed by atoms with Gasteiger partial charge in [-0.25, -0.2) is 4.98 Å². The molecule has 4 N–H and O–H groups in total. The molecule has 0 spiro atoms. The molecule has 2 aromatic heterocycles. The molecule has 0 aromatic carbocycles. The fourth-order valence-electron chi connectivity index (χ4n) is 2.10. The predicted molar refractivity (Wildman–Crippen MR) is 88.7 cm³/mol. The van der Waals surface area contributed by atoms with Crippen LogP contribution in [-0.4, -0.2) is 54.8 Å². The first-order valence-corrected chi connectivity index (χ1v) is 9.34. The van der Waals surface area contributed by atoms with E-state index in [9.17, 15) is 14.4 Å². The van der Waals surface area contributed by atoms with Gasteiger partial charge in [0.2, 0.25) is 5.95 Å². The molecule has 0 fully saturated rings. The van der Waals surface area contributed by atoms with Gasteiger partial charge in [0.05, 0.1) is 26.1 Å². The lowest BCUT2D eigenvalue weighted by molar-refractivity contribution is -0.331. The second kappa shape index (κ2) is 7.92. The van der Waals surface area contributed by atoms with Crippen molar-refractivity contribution in [2.45, 2.75) is 26.1 Å². The maximum atomic E-state index is 11.8. The van der Waals surface area contributed by atoms with E-state index < -0.39 is 13.3 Å². The zero-order valence-corrected chi connectivity index (χ0v) is 15.3. The Kier molecular flexibility index (Phi) is 6.33. The molecule has 0 atom stereocenters. The van der Waals surface area contributed by atoms with E-state index >= 15 is 0 Å². The standard InChI is InChI=1S/C12H19ClN5O6P/c1-3-22-12(23-4-2,25(19,20)21)24-6-5-18-7-15-8-9(13)16-11(14)17-10(8)18/h7H,3-6H2,1-2H3,(H2,14,16,17)(H2,19,20,21). The van der Waals surface area contributed by atoms with Crippen molar-refractivity contribution in [1.29, 1.82) is 0 Å². The van der Waals surface area contributed by atoms with Crippen LogP contribution in [0.15, 0.2) is 6.33 Å². The van der Waals surface area contributed by atoms with Gasteiger partial charge in [-0.05, 0) is 13.8 Å². The highest BCUT2D eigenvalue weighted by molar-refractivity contribution is 7.52. The molecule has 0 saturated heterocycles. The SMILES string of the molecule is CCOC(OCC)(OCCn1cnc2c(Cl)nc(N)nc21)P(=O)(O)O. The first kappa shape index (κ1) is 20.0. The van der Waals surface area contributed by atoms with Gasteiger partial charge in [-0.15, -0.1) is 0 Å². The molecule has 0 aliphatic carbocycles. The minimum Gasteiger partial charge on any atom is -0.368 e. The summed E-state index contributed by atoms with van der Waals surface area (Å²) < 4.78 is 28.8. The van der Waals surface area contributed by atoms with Crippen molar-refractivity contribution in [1.82, 2.24) is 19.5 Å². The van der Waals surface area contributed by atoms with E-state index in [1.165, 1.54) is 6.33 Å². The van der Waals surface area contributed by atoms with E-state index in [0.29, 0.717) is 11.2 Å². The van der Waals surface area contributed by atoms with Gasteiger partial charge in [-0.3, -0.25) is 4.57 Å². The molecule has 0 aliphatic heterocycles. The molecule has 2 rings (SSSR count). The lowest BCUT2D eigenvalue weighted by Crippen LogP contribution is -2.40. The molecular formula is C12H19ClN5O6P. The number of rotatable bonds is 9. The Balaban J connectivity index is 2.18. The molecule has 2 heterocycles. The Labute approximate surface area is 148 Å². The summed E-state index contributed by atoms with van der Waals surface area (Å²) >= 11 is 5.94. The van der Waals surface area contributed by atoms with Crippen LogP contribution in [-0.2, 0) is 25.3 Å². The second-order valence-corrected chi connectivity index (χ2v) is 6.76. The van der Waals surface area contributed by atoms with Crippen LogP contribution in [0.2, 0.25) is 5.15 Å². The third-order valence-electron chi connectivity index (χ3n) is 3.07. The molecule has 25 heavy (non-hydrogen) atoms. The summed E-state index contributed by atoms with van der Waals surface area (Å²) in [5.41, 5.74) is 3.83. The molecule has 13 heteroatoms. The number of nitrogens with two attached hydrogens (primary N) is 1. The summed E-state index contributed by atoms with van der Waals surface area (Å²) in [7, 11) is -4.87. The van der Waals surface area contributed by atoms with Gasteiger partial charge < -0.3 is 34.3 Å². The number of nitrogen functional groups attached to an aromatic ring is 1. The van der Waals surface area contributed by atoms with Gasteiger partial charge in [-0.1, -0.05) is 11.6 Å². The van der Waals surface area contributed by atoms with Crippen molar-refractivity contribution in [3.63, 3.8) is 0 Å². The van der Waals surface area contributed by atoms with E-state index in [2.05, 4.69) is 15.0 Å². The highest BCUT2D eigenvalue weighted by Gasteiger charge is 2.51. The minimum absolute atomic E-state index is 0.0154. The summed E-state index contributed by atoms with van der Waals surface area (Å²) in [4.78, 5) is 31.0. The Hall–Kier alpha value is -1.33. The molecular weight excluding hydrogens is 377 g/mol. The number of halogens is 1. The van der Waals surface area contributed by atoms with Crippen LogP contribution in [0.1, 0.15) is 13.8 Å². The minimum atomic E-state index is -4.87. The molecule has 0 radical (unpaired) electrons. The summed E-state index contributed by atoms with van der Waals surface area (Å²) in [6.07, 6.45) is 1.44. The third-order valence-corrected chi connectivity index (χ3v) is 4.43. The Morgan fingerprint density at radius 3 is 2.48 bits per heavy atom. The number of imidazole rings is 1. The maximum Gasteiger partial charge on any atom is 0.415 e. The number of fused-ring (bicyclic) bond motifs is 1. The molecule has 0 bridgehead atoms. The van der Waals surface area contributed by atoms with E-state index in [4.69, 9.17) is 31.5 Å². The van der Waals surface area contributed by atoms with Crippen LogP contribution in [0.5, 0.6) is 0 Å². The number of ether oxygens (including phenoxy) is 3. The Bertz CT molecular complexity index is 775. The molecule has 2 aromatic rings. The van der Waals surface area contributed by atoms with Crippen molar-refractivity contribution in [3.05, 3.63) is 11.5 Å². The van der Waals surface area contributed by atoms with Crippen LogP contribution in [0.25, 0.3) is 11.2 Å². The largest absolute Gasteiger partial charge is 0.415 e. The maximum absolute atomic E-state index is 11.8. The van der Waals surface area contributed by atoms with Crippen LogP contribution >= 0.6 is 19.2 Å². The fraction of sp³-hybridized carbons (Fsp3) is 0.583. The quantitative estimate of drug-likeness (QED) is 0.317. The van der Waals surface area contributed by atoms with E-state index in [1.54, 1.807) is 18.4 Å². The number of nitrogens with zero attached hydrogens (tertiary/aromatic N) is 4. The first-order valence-electron chi connectivity index (χ1n) is 7.35. The summed E-state index contributed by atoms with van der Waals surface area (Å²) in [5.74, 6) is -0.0200. The highest BCUT2D eigenvalue weighted by atomic mass is 35.5. The van der Waals surface area contributed by atoms with Crippen molar-refractivity contribution in [2.75, 3.05) is 25.6 Å². The van der Waals surface area contributed by atoms with Crippen LogP contribution in [0.4, 0.5) is 5.95 Å². The van der Waals surface area contributed by atoms with E-state index in [-0.39, 0.29) is 37.5 Å². The van der Waals surface area contributed by atoms with Gasteiger partial charge in [0, 0.05) is 6.54 Å². The van der Waals surface area contributed by atoms with Gasteiger partial charge in [0.25, 0.3) is 0 Å². The Morgan fingerprint density at radius 2 is 1.92 bits per heavy atom. The Morgan fingerprint density at radius 1 is 1.28 bits per heavy atom. The molecule has 0 amide bonds. The normalized spacial score (nSPS) is 12.8. The van der Waals surface area contributed by atoms with Crippen LogP contribution in [0, 0.1) is 0 Å². The lowest BCUT2D eigenvalue weighted by Gasteiger charge is -2.32. The third kappa shape index (κ3) is 4.26.